The molecule has 2 aromatic carbocycles. The van der Waals surface area contributed by atoms with E-state index < -0.39 is 18.1 Å². The van der Waals surface area contributed by atoms with Gasteiger partial charge in [-0.25, -0.2) is 0 Å². The van der Waals surface area contributed by atoms with Crippen LogP contribution in [0.15, 0.2) is 54.7 Å². The monoisotopic (exact) mass is 382 g/mol. The molecule has 1 unspecified atom stereocenters. The lowest BCUT2D eigenvalue weighted by Gasteiger charge is -2.16. The number of para-hydroxylation sites is 1. The summed E-state index contributed by atoms with van der Waals surface area (Å²) in [4.78, 5) is 14.8. The highest BCUT2D eigenvalue weighted by atomic mass is 16.5. The number of rotatable bonds is 10. The number of carboxylic acids is 1. The van der Waals surface area contributed by atoms with Crippen LogP contribution in [0.1, 0.15) is 30.6 Å². The van der Waals surface area contributed by atoms with Crippen LogP contribution in [0.2, 0.25) is 0 Å². The van der Waals surface area contributed by atoms with Crippen molar-refractivity contribution in [2.24, 2.45) is 0 Å². The Labute approximate surface area is 164 Å². The minimum Gasteiger partial charge on any atom is -0.494 e. The first-order valence-corrected chi connectivity index (χ1v) is 9.50. The second kappa shape index (κ2) is 9.39. The zero-order valence-electron chi connectivity index (χ0n) is 15.9. The van der Waals surface area contributed by atoms with Gasteiger partial charge in [-0.1, -0.05) is 30.3 Å². The minimum atomic E-state index is -0.902. The number of aliphatic hydroxyl groups excluding tert-OH is 1. The van der Waals surface area contributed by atoms with Crippen LogP contribution in [0.25, 0.3) is 10.9 Å². The Bertz CT molecular complexity index is 904. The first kappa shape index (κ1) is 19.9. The number of ether oxygens (including phenoxy) is 1. The first-order chi connectivity index (χ1) is 13.6. The van der Waals surface area contributed by atoms with Crippen molar-refractivity contribution in [1.29, 1.82) is 0 Å². The molecule has 0 saturated carbocycles. The molecule has 0 aliphatic carbocycles. The van der Waals surface area contributed by atoms with Crippen LogP contribution in [-0.2, 0) is 11.2 Å². The standard InChI is InChI=1S/C22H26N2O4/c1-2-28-17-9-7-15(8-10-17)21(25)11-12-23-20(22(26)27)13-16-14-24-19-6-4-3-5-18(16)19/h3-10,14,20-21,23-25H,2,11-13H2,1H3,(H,26,27)/t20-,21?/m0/s1. The molecule has 28 heavy (non-hydrogen) atoms. The van der Waals surface area contributed by atoms with E-state index >= 15 is 0 Å². The van der Waals surface area contributed by atoms with E-state index in [9.17, 15) is 15.0 Å². The molecular formula is C22H26N2O4. The Morgan fingerprint density at radius 2 is 1.93 bits per heavy atom. The van der Waals surface area contributed by atoms with Gasteiger partial charge in [-0.05, 0) is 49.2 Å². The van der Waals surface area contributed by atoms with Gasteiger partial charge in [0, 0.05) is 23.5 Å². The van der Waals surface area contributed by atoms with E-state index in [0.717, 1.165) is 27.8 Å². The molecule has 0 bridgehead atoms. The van der Waals surface area contributed by atoms with Crippen molar-refractivity contribution < 1.29 is 19.7 Å². The van der Waals surface area contributed by atoms with Crippen molar-refractivity contribution in [3.05, 3.63) is 65.9 Å². The molecule has 148 valence electrons. The molecule has 2 atom stereocenters. The van der Waals surface area contributed by atoms with Crippen LogP contribution in [0.3, 0.4) is 0 Å². The highest BCUT2D eigenvalue weighted by molar-refractivity contribution is 5.84. The molecule has 0 aliphatic rings. The SMILES string of the molecule is CCOc1ccc(C(O)CCN[C@@H](Cc2c[nH]c3ccccc23)C(=O)O)cc1. The Kier molecular flexibility index (Phi) is 6.68. The summed E-state index contributed by atoms with van der Waals surface area (Å²) in [5, 5.41) is 24.0. The number of carbonyl (C=O) groups is 1. The highest BCUT2D eigenvalue weighted by Crippen LogP contribution is 2.21. The number of fused-ring (bicyclic) bond motifs is 1. The zero-order valence-corrected chi connectivity index (χ0v) is 15.9. The van der Waals surface area contributed by atoms with Crippen LogP contribution in [-0.4, -0.2) is 40.4 Å². The number of nitrogens with one attached hydrogen (secondary N) is 2. The lowest BCUT2D eigenvalue weighted by molar-refractivity contribution is -0.139. The maximum absolute atomic E-state index is 11.7. The van der Waals surface area contributed by atoms with Crippen molar-refractivity contribution >= 4 is 16.9 Å². The van der Waals surface area contributed by atoms with Gasteiger partial charge in [0.05, 0.1) is 12.7 Å². The molecule has 1 heterocycles. The lowest BCUT2D eigenvalue weighted by atomic mass is 10.0. The van der Waals surface area contributed by atoms with Gasteiger partial charge in [-0.3, -0.25) is 4.79 Å². The number of benzene rings is 2. The van der Waals surface area contributed by atoms with Crippen LogP contribution in [0, 0.1) is 0 Å². The summed E-state index contributed by atoms with van der Waals surface area (Å²) in [6, 6.07) is 14.4. The van der Waals surface area contributed by atoms with Crippen LogP contribution in [0.5, 0.6) is 5.75 Å². The van der Waals surface area contributed by atoms with E-state index in [2.05, 4.69) is 10.3 Å². The van der Waals surface area contributed by atoms with Gasteiger partial charge >= 0.3 is 5.97 Å². The predicted octanol–water partition coefficient (Wildman–Crippen LogP) is 3.28. The lowest BCUT2D eigenvalue weighted by Crippen LogP contribution is -2.39. The highest BCUT2D eigenvalue weighted by Gasteiger charge is 2.19. The van der Waals surface area contributed by atoms with Crippen molar-refractivity contribution in [3.8, 4) is 5.75 Å². The third kappa shape index (κ3) is 4.91. The molecule has 1 aromatic heterocycles. The van der Waals surface area contributed by atoms with Crippen molar-refractivity contribution in [1.82, 2.24) is 10.3 Å². The molecule has 0 fully saturated rings. The van der Waals surface area contributed by atoms with E-state index in [1.54, 1.807) is 0 Å². The summed E-state index contributed by atoms with van der Waals surface area (Å²) in [5.41, 5.74) is 2.74. The number of hydrogen-bond acceptors (Lipinski definition) is 4. The fourth-order valence-electron chi connectivity index (χ4n) is 3.28. The maximum atomic E-state index is 11.7. The summed E-state index contributed by atoms with van der Waals surface area (Å²) >= 11 is 0. The van der Waals surface area contributed by atoms with Gasteiger partial charge in [0.15, 0.2) is 0 Å². The normalized spacial score (nSPS) is 13.4. The molecule has 0 spiro atoms. The molecule has 4 N–H and O–H groups in total. The van der Waals surface area contributed by atoms with Gasteiger partial charge in [0.2, 0.25) is 0 Å². The molecule has 0 amide bonds. The van der Waals surface area contributed by atoms with Gasteiger partial charge in [0.25, 0.3) is 0 Å². The quantitative estimate of drug-likeness (QED) is 0.432. The second-order valence-electron chi connectivity index (χ2n) is 6.72. The van der Waals surface area contributed by atoms with E-state index in [1.807, 2.05) is 61.7 Å². The fraction of sp³-hybridized carbons (Fsp3) is 0.318. The van der Waals surface area contributed by atoms with Gasteiger partial charge in [-0.2, -0.15) is 0 Å². The van der Waals surface area contributed by atoms with Gasteiger partial charge in [-0.15, -0.1) is 0 Å². The molecular weight excluding hydrogens is 356 g/mol. The Balaban J connectivity index is 1.55. The third-order valence-corrected chi connectivity index (χ3v) is 4.78. The number of aliphatic hydroxyl groups is 1. The zero-order chi connectivity index (χ0) is 19.9. The first-order valence-electron chi connectivity index (χ1n) is 9.50. The largest absolute Gasteiger partial charge is 0.494 e. The summed E-state index contributed by atoms with van der Waals surface area (Å²) in [6.07, 6.45) is 1.99. The van der Waals surface area contributed by atoms with E-state index in [1.165, 1.54) is 0 Å². The number of carboxylic acid groups (broad SMARTS) is 1. The van der Waals surface area contributed by atoms with Crippen molar-refractivity contribution in [2.75, 3.05) is 13.2 Å². The van der Waals surface area contributed by atoms with Gasteiger partial charge in [0.1, 0.15) is 11.8 Å². The summed E-state index contributed by atoms with van der Waals surface area (Å²) in [6.45, 7) is 2.91. The average molecular weight is 382 g/mol. The molecule has 3 rings (SSSR count). The van der Waals surface area contributed by atoms with Crippen LogP contribution in [0.4, 0.5) is 0 Å². The molecule has 6 nitrogen and oxygen atoms in total. The molecule has 6 heteroatoms. The maximum Gasteiger partial charge on any atom is 0.321 e. The van der Waals surface area contributed by atoms with E-state index in [-0.39, 0.29) is 0 Å². The van der Waals surface area contributed by atoms with Crippen LogP contribution < -0.4 is 10.1 Å². The smallest absolute Gasteiger partial charge is 0.321 e. The third-order valence-electron chi connectivity index (χ3n) is 4.78. The van der Waals surface area contributed by atoms with E-state index in [4.69, 9.17) is 4.74 Å². The number of aliphatic carboxylic acids is 1. The Hall–Kier alpha value is -2.83. The topological polar surface area (TPSA) is 94.6 Å². The molecule has 0 radical (unpaired) electrons. The minimum absolute atomic E-state index is 0.374. The van der Waals surface area contributed by atoms with Crippen molar-refractivity contribution in [3.63, 3.8) is 0 Å². The number of aromatic amines is 1. The van der Waals surface area contributed by atoms with E-state index in [0.29, 0.717) is 26.0 Å². The predicted molar refractivity (Wildman–Crippen MR) is 109 cm³/mol. The number of hydrogen-bond donors (Lipinski definition) is 4. The fourth-order valence-corrected chi connectivity index (χ4v) is 3.28. The number of H-pyrrole nitrogens is 1. The average Bonchev–Trinajstić information content (AvgIpc) is 3.11. The molecule has 0 saturated heterocycles. The summed E-state index contributed by atoms with van der Waals surface area (Å²) in [7, 11) is 0. The summed E-state index contributed by atoms with van der Waals surface area (Å²) < 4.78 is 5.40. The molecule has 0 aliphatic heterocycles. The summed E-state index contributed by atoms with van der Waals surface area (Å²) in [5.74, 6) is -0.137. The second-order valence-corrected chi connectivity index (χ2v) is 6.72. The van der Waals surface area contributed by atoms with Crippen LogP contribution >= 0.6 is 0 Å². The Morgan fingerprint density at radius 3 is 2.64 bits per heavy atom. The van der Waals surface area contributed by atoms with Crippen molar-refractivity contribution in [2.45, 2.75) is 31.9 Å². The Morgan fingerprint density at radius 1 is 1.18 bits per heavy atom. The van der Waals surface area contributed by atoms with Gasteiger partial charge < -0.3 is 25.3 Å². The number of aromatic nitrogens is 1. The molecule has 3 aromatic rings.